The van der Waals surface area contributed by atoms with Crippen LogP contribution in [-0.2, 0) is 29.4 Å². The minimum absolute atomic E-state index is 0.0192. The maximum atomic E-state index is 13.6. The number of amides is 3. The van der Waals surface area contributed by atoms with Gasteiger partial charge in [0.25, 0.3) is 11.8 Å². The average Bonchev–Trinajstić information content (AvgIpc) is 3.28. The Bertz CT molecular complexity index is 1240. The molecule has 1 N–H and O–H groups in total. The Kier molecular flexibility index (Phi) is 9.60. The van der Waals surface area contributed by atoms with Crippen LogP contribution in [0.1, 0.15) is 88.4 Å². The van der Waals surface area contributed by atoms with Crippen molar-refractivity contribution in [2.75, 3.05) is 33.3 Å². The fraction of sp³-hybridized carbons (Fsp3) is 0.567. The highest BCUT2D eigenvalue weighted by molar-refractivity contribution is 5.96. The Balaban J connectivity index is 1.56. The Hall–Kier alpha value is -3.69. The number of carbonyl (C=O) groups is 4. The molecular weight excluding hydrogens is 510 g/mol. The summed E-state index contributed by atoms with van der Waals surface area (Å²) in [6, 6.07) is 6.40. The van der Waals surface area contributed by atoms with Crippen LogP contribution < -0.4 is 5.32 Å². The summed E-state index contributed by atoms with van der Waals surface area (Å²) in [6.45, 7) is 6.23. The number of ether oxygens (including phenoxy) is 1. The van der Waals surface area contributed by atoms with Crippen molar-refractivity contribution < 1.29 is 23.9 Å². The molecule has 40 heavy (non-hydrogen) atoms. The second-order valence-corrected chi connectivity index (χ2v) is 11.1. The molecule has 1 aliphatic heterocycles. The first-order chi connectivity index (χ1) is 19.2. The van der Waals surface area contributed by atoms with Crippen molar-refractivity contribution in [3.63, 3.8) is 0 Å². The minimum atomic E-state index is -0.463. The number of rotatable bonds is 5. The molecular formula is C30H41N5O5. The van der Waals surface area contributed by atoms with E-state index in [0.717, 1.165) is 30.5 Å². The number of fused-ring (bicyclic) bond motifs is 1. The summed E-state index contributed by atoms with van der Waals surface area (Å²) in [5, 5.41) is 7.54. The van der Waals surface area contributed by atoms with Crippen LogP contribution in [0.2, 0.25) is 0 Å². The van der Waals surface area contributed by atoms with Gasteiger partial charge in [-0.1, -0.05) is 13.8 Å². The number of nitrogens with one attached hydrogen (secondary N) is 1. The van der Waals surface area contributed by atoms with Crippen LogP contribution in [-0.4, -0.2) is 82.6 Å². The molecule has 2 bridgehead atoms. The van der Waals surface area contributed by atoms with Gasteiger partial charge >= 0.3 is 5.97 Å². The SMILES string of the molecule is COC(=O)c1ccc(C(=O)N2CCCNC(=O)c3nn(C)c4c3CC(CC4)N(CCC(C)C)C(=O)CCC2)cc1. The molecule has 1 aliphatic carbocycles. The van der Waals surface area contributed by atoms with E-state index in [1.54, 1.807) is 33.8 Å². The third-order valence-corrected chi connectivity index (χ3v) is 7.90. The summed E-state index contributed by atoms with van der Waals surface area (Å²) >= 11 is 0. The minimum Gasteiger partial charge on any atom is -0.465 e. The van der Waals surface area contributed by atoms with Crippen molar-refractivity contribution >= 4 is 23.7 Å². The molecule has 216 valence electrons. The van der Waals surface area contributed by atoms with Crippen LogP contribution >= 0.6 is 0 Å². The summed E-state index contributed by atoms with van der Waals surface area (Å²) in [6.07, 6.45) is 4.60. The van der Waals surface area contributed by atoms with Crippen LogP contribution in [0.25, 0.3) is 0 Å². The quantitative estimate of drug-likeness (QED) is 0.572. The molecule has 3 amide bonds. The lowest BCUT2D eigenvalue weighted by atomic mass is 9.89. The second kappa shape index (κ2) is 13.1. The highest BCUT2D eigenvalue weighted by atomic mass is 16.5. The Morgan fingerprint density at radius 1 is 1.07 bits per heavy atom. The predicted molar refractivity (Wildman–Crippen MR) is 150 cm³/mol. The maximum absolute atomic E-state index is 13.6. The first-order valence-corrected chi connectivity index (χ1v) is 14.3. The second-order valence-electron chi connectivity index (χ2n) is 11.1. The van der Waals surface area contributed by atoms with Gasteiger partial charge in [0.15, 0.2) is 5.69 Å². The Morgan fingerprint density at radius 2 is 1.77 bits per heavy atom. The van der Waals surface area contributed by atoms with E-state index in [0.29, 0.717) is 74.6 Å². The normalized spacial score (nSPS) is 18.7. The fourth-order valence-electron chi connectivity index (χ4n) is 5.61. The number of hydrogen-bond acceptors (Lipinski definition) is 6. The third-order valence-electron chi connectivity index (χ3n) is 7.90. The lowest BCUT2D eigenvalue weighted by Crippen LogP contribution is -2.45. The van der Waals surface area contributed by atoms with Gasteiger partial charge < -0.3 is 19.9 Å². The van der Waals surface area contributed by atoms with E-state index in [4.69, 9.17) is 4.74 Å². The lowest BCUT2D eigenvalue weighted by Gasteiger charge is -2.35. The highest BCUT2D eigenvalue weighted by Crippen LogP contribution is 2.28. The fourth-order valence-corrected chi connectivity index (χ4v) is 5.61. The zero-order chi connectivity index (χ0) is 28.8. The molecule has 10 heteroatoms. The largest absolute Gasteiger partial charge is 0.465 e. The monoisotopic (exact) mass is 551 g/mol. The number of nitrogens with zero attached hydrogens (tertiary/aromatic N) is 4. The van der Waals surface area contributed by atoms with Gasteiger partial charge in [0.2, 0.25) is 5.91 Å². The highest BCUT2D eigenvalue weighted by Gasteiger charge is 2.33. The number of hydrogen-bond donors (Lipinski definition) is 1. The number of esters is 1. The number of aromatic nitrogens is 2. The van der Waals surface area contributed by atoms with Crippen molar-refractivity contribution in [2.45, 2.75) is 64.8 Å². The van der Waals surface area contributed by atoms with Crippen molar-refractivity contribution in [3.8, 4) is 0 Å². The third kappa shape index (κ3) is 6.71. The van der Waals surface area contributed by atoms with Gasteiger partial charge in [-0.25, -0.2) is 4.79 Å². The van der Waals surface area contributed by atoms with E-state index in [2.05, 4.69) is 24.3 Å². The van der Waals surface area contributed by atoms with Crippen LogP contribution in [0.4, 0.5) is 0 Å². The van der Waals surface area contributed by atoms with Gasteiger partial charge in [0, 0.05) is 62.5 Å². The molecule has 1 unspecified atom stereocenters. The molecule has 2 heterocycles. The Labute approximate surface area is 236 Å². The molecule has 0 saturated heterocycles. The van der Waals surface area contributed by atoms with Crippen molar-refractivity contribution in [3.05, 3.63) is 52.3 Å². The maximum Gasteiger partial charge on any atom is 0.337 e. The smallest absolute Gasteiger partial charge is 0.337 e. The summed E-state index contributed by atoms with van der Waals surface area (Å²) in [5.74, 6) is -0.307. The summed E-state index contributed by atoms with van der Waals surface area (Å²) in [7, 11) is 3.19. The summed E-state index contributed by atoms with van der Waals surface area (Å²) in [4.78, 5) is 55.7. The van der Waals surface area contributed by atoms with Gasteiger partial charge in [0.1, 0.15) is 0 Å². The van der Waals surface area contributed by atoms with E-state index in [9.17, 15) is 19.2 Å². The van der Waals surface area contributed by atoms with Gasteiger partial charge in [0.05, 0.1) is 12.7 Å². The molecule has 2 aliphatic rings. The molecule has 1 atom stereocenters. The summed E-state index contributed by atoms with van der Waals surface area (Å²) < 4.78 is 6.55. The van der Waals surface area contributed by atoms with Crippen molar-refractivity contribution in [1.29, 1.82) is 0 Å². The van der Waals surface area contributed by atoms with Gasteiger partial charge in [-0.3, -0.25) is 19.1 Å². The van der Waals surface area contributed by atoms with Gasteiger partial charge in [-0.15, -0.1) is 0 Å². The van der Waals surface area contributed by atoms with E-state index >= 15 is 0 Å². The van der Waals surface area contributed by atoms with Crippen LogP contribution in [0.5, 0.6) is 0 Å². The predicted octanol–water partition coefficient (Wildman–Crippen LogP) is 2.99. The van der Waals surface area contributed by atoms with Crippen LogP contribution in [0.3, 0.4) is 0 Å². The first kappa shape index (κ1) is 29.3. The molecule has 0 radical (unpaired) electrons. The van der Waals surface area contributed by atoms with Crippen LogP contribution in [0, 0.1) is 5.92 Å². The topological polar surface area (TPSA) is 114 Å². The number of benzene rings is 1. The molecule has 2 aromatic rings. The summed E-state index contributed by atoms with van der Waals surface area (Å²) in [5.41, 5.74) is 3.27. The molecule has 4 rings (SSSR count). The molecule has 1 aromatic carbocycles. The molecule has 10 nitrogen and oxygen atoms in total. The molecule has 0 fully saturated rings. The zero-order valence-electron chi connectivity index (χ0n) is 24.1. The Morgan fingerprint density at radius 3 is 2.48 bits per heavy atom. The zero-order valence-corrected chi connectivity index (χ0v) is 24.1. The average molecular weight is 552 g/mol. The number of carbonyl (C=O) groups excluding carboxylic acids is 4. The van der Waals surface area contributed by atoms with Crippen molar-refractivity contribution in [1.82, 2.24) is 24.9 Å². The molecule has 1 aromatic heterocycles. The number of methoxy groups -OCH3 is 1. The lowest BCUT2D eigenvalue weighted by molar-refractivity contribution is -0.134. The van der Waals surface area contributed by atoms with Gasteiger partial charge in [-0.05, 0) is 68.7 Å². The van der Waals surface area contributed by atoms with E-state index < -0.39 is 5.97 Å². The van der Waals surface area contributed by atoms with E-state index in [1.165, 1.54) is 7.11 Å². The van der Waals surface area contributed by atoms with E-state index in [1.807, 2.05) is 11.9 Å². The van der Waals surface area contributed by atoms with Crippen molar-refractivity contribution in [2.24, 2.45) is 13.0 Å². The molecule has 0 saturated carbocycles. The van der Waals surface area contributed by atoms with Gasteiger partial charge in [-0.2, -0.15) is 5.10 Å². The molecule has 0 spiro atoms. The van der Waals surface area contributed by atoms with E-state index in [-0.39, 0.29) is 23.8 Å². The standard InChI is InChI=1S/C30H41N5O5/c1-20(2)14-18-35-23-12-13-25-24(19-23)27(32-33(25)3)28(37)31-15-6-17-34(16-5-7-26(35)36)29(38)21-8-10-22(11-9-21)30(39)40-4/h8-11,20,23H,5-7,12-19H2,1-4H3,(H,31,37). The number of aryl methyl sites for hydroxylation is 1. The van der Waals surface area contributed by atoms with Crippen LogP contribution in [0.15, 0.2) is 24.3 Å². The first-order valence-electron chi connectivity index (χ1n) is 14.3.